The van der Waals surface area contributed by atoms with Gasteiger partial charge in [0.15, 0.2) is 0 Å². The topological polar surface area (TPSA) is 73.1 Å². The highest BCUT2D eigenvalue weighted by molar-refractivity contribution is 8.00. The predicted octanol–water partition coefficient (Wildman–Crippen LogP) is -0.451. The van der Waals surface area contributed by atoms with Gasteiger partial charge in [-0.25, -0.2) is 4.68 Å². The third kappa shape index (κ3) is 2.95. The van der Waals surface area contributed by atoms with E-state index in [0.717, 1.165) is 0 Å². The van der Waals surface area contributed by atoms with E-state index in [1.165, 1.54) is 11.8 Å². The summed E-state index contributed by atoms with van der Waals surface area (Å²) in [6.45, 7) is 4.45. The quantitative estimate of drug-likeness (QED) is 0.683. The lowest BCUT2D eigenvalue weighted by Crippen LogP contribution is -2.44. The minimum atomic E-state index is -0.183. The summed E-state index contributed by atoms with van der Waals surface area (Å²) in [5.41, 5.74) is 0. The molecular formula is C9H15N5O2S. The number of hydrogen-bond donors (Lipinski definition) is 0. The van der Waals surface area contributed by atoms with Gasteiger partial charge in [0.05, 0.1) is 18.5 Å². The van der Waals surface area contributed by atoms with Crippen LogP contribution in [0.3, 0.4) is 0 Å². The van der Waals surface area contributed by atoms with Crippen LogP contribution in [-0.2, 0) is 16.6 Å². The lowest BCUT2D eigenvalue weighted by atomic mass is 10.3. The highest BCUT2D eigenvalue weighted by Gasteiger charge is 2.24. The zero-order valence-electron chi connectivity index (χ0n) is 9.87. The molecule has 1 atom stereocenters. The van der Waals surface area contributed by atoms with Crippen LogP contribution in [0.5, 0.6) is 0 Å². The molecule has 0 spiro atoms. The van der Waals surface area contributed by atoms with Gasteiger partial charge in [0, 0.05) is 20.1 Å². The molecule has 0 saturated carbocycles. The number of amides is 1. The summed E-state index contributed by atoms with van der Waals surface area (Å²) in [6, 6.07) is 0. The standard InChI is InChI=1S/C9H15N5O2S/c1-7(17-9-10-11-12-13(9)2)8(15)14-3-5-16-6-4-14/h7H,3-6H2,1-2H3/t7-/m1/s1. The third-order valence-corrected chi connectivity index (χ3v) is 3.65. The Labute approximate surface area is 103 Å². The molecule has 1 aliphatic rings. The second kappa shape index (κ2) is 5.46. The summed E-state index contributed by atoms with van der Waals surface area (Å²) in [5.74, 6) is 0.112. The summed E-state index contributed by atoms with van der Waals surface area (Å²) >= 11 is 1.37. The Hall–Kier alpha value is -1.15. The van der Waals surface area contributed by atoms with Crippen molar-refractivity contribution in [3.8, 4) is 0 Å². The van der Waals surface area contributed by atoms with Crippen LogP contribution < -0.4 is 0 Å². The van der Waals surface area contributed by atoms with Crippen molar-refractivity contribution in [3.63, 3.8) is 0 Å². The van der Waals surface area contributed by atoms with E-state index < -0.39 is 0 Å². The number of tetrazole rings is 1. The van der Waals surface area contributed by atoms with E-state index in [4.69, 9.17) is 4.74 Å². The van der Waals surface area contributed by atoms with Crippen molar-refractivity contribution in [2.24, 2.45) is 7.05 Å². The van der Waals surface area contributed by atoms with E-state index in [0.29, 0.717) is 31.5 Å². The van der Waals surface area contributed by atoms with Gasteiger partial charge in [-0.2, -0.15) is 0 Å². The molecule has 0 bridgehead atoms. The molecule has 0 unspecified atom stereocenters. The molecule has 17 heavy (non-hydrogen) atoms. The molecule has 8 heteroatoms. The normalized spacial score (nSPS) is 18.1. The van der Waals surface area contributed by atoms with Crippen molar-refractivity contribution in [1.82, 2.24) is 25.1 Å². The summed E-state index contributed by atoms with van der Waals surface area (Å²) in [6.07, 6.45) is 0. The largest absolute Gasteiger partial charge is 0.378 e. The highest BCUT2D eigenvalue weighted by Crippen LogP contribution is 2.21. The number of nitrogens with zero attached hydrogens (tertiary/aromatic N) is 5. The van der Waals surface area contributed by atoms with Crippen LogP contribution in [0.1, 0.15) is 6.92 Å². The smallest absolute Gasteiger partial charge is 0.236 e. The summed E-state index contributed by atoms with van der Waals surface area (Å²) in [4.78, 5) is 13.9. The molecule has 1 aromatic heterocycles. The first-order valence-corrected chi connectivity index (χ1v) is 6.32. The Morgan fingerprint density at radius 1 is 1.47 bits per heavy atom. The maximum atomic E-state index is 12.1. The Kier molecular flexibility index (Phi) is 3.95. The summed E-state index contributed by atoms with van der Waals surface area (Å²) in [7, 11) is 1.76. The van der Waals surface area contributed by atoms with Gasteiger partial charge in [-0.15, -0.1) is 5.10 Å². The SMILES string of the molecule is C[C@@H](Sc1nnnn1C)C(=O)N1CCOCC1. The number of carbonyl (C=O) groups excluding carboxylic acids is 1. The van der Waals surface area contributed by atoms with Gasteiger partial charge < -0.3 is 9.64 Å². The number of thioether (sulfide) groups is 1. The van der Waals surface area contributed by atoms with Gasteiger partial charge in [-0.05, 0) is 17.4 Å². The molecule has 1 amide bonds. The first-order valence-electron chi connectivity index (χ1n) is 5.44. The lowest BCUT2D eigenvalue weighted by Gasteiger charge is -2.28. The van der Waals surface area contributed by atoms with E-state index in [-0.39, 0.29) is 11.2 Å². The van der Waals surface area contributed by atoms with Crippen molar-refractivity contribution in [2.75, 3.05) is 26.3 Å². The van der Waals surface area contributed by atoms with Crippen molar-refractivity contribution in [2.45, 2.75) is 17.3 Å². The van der Waals surface area contributed by atoms with E-state index in [9.17, 15) is 4.79 Å². The van der Waals surface area contributed by atoms with E-state index in [1.54, 1.807) is 11.7 Å². The Morgan fingerprint density at radius 2 is 2.18 bits per heavy atom. The zero-order chi connectivity index (χ0) is 12.3. The molecule has 0 aliphatic carbocycles. The summed E-state index contributed by atoms with van der Waals surface area (Å²) < 4.78 is 6.78. The van der Waals surface area contributed by atoms with Crippen molar-refractivity contribution in [3.05, 3.63) is 0 Å². The van der Waals surface area contributed by atoms with Gasteiger partial charge in [0.2, 0.25) is 11.1 Å². The monoisotopic (exact) mass is 257 g/mol. The van der Waals surface area contributed by atoms with Crippen LogP contribution in [0, 0.1) is 0 Å². The van der Waals surface area contributed by atoms with Crippen LogP contribution in [-0.4, -0.2) is 62.6 Å². The Balaban J connectivity index is 1.93. The molecule has 1 fully saturated rings. The maximum absolute atomic E-state index is 12.1. The van der Waals surface area contributed by atoms with Gasteiger partial charge in [0.1, 0.15) is 0 Å². The fraction of sp³-hybridized carbons (Fsp3) is 0.778. The van der Waals surface area contributed by atoms with E-state index in [1.807, 2.05) is 11.8 Å². The third-order valence-electron chi connectivity index (χ3n) is 2.53. The number of morpholine rings is 1. The Morgan fingerprint density at radius 3 is 2.76 bits per heavy atom. The number of hydrogen-bond acceptors (Lipinski definition) is 6. The minimum absolute atomic E-state index is 0.112. The van der Waals surface area contributed by atoms with Crippen LogP contribution in [0.15, 0.2) is 5.16 Å². The Bertz CT molecular complexity index is 390. The van der Waals surface area contributed by atoms with E-state index >= 15 is 0 Å². The number of aromatic nitrogens is 4. The van der Waals surface area contributed by atoms with Gasteiger partial charge in [-0.1, -0.05) is 11.8 Å². The molecule has 0 aromatic carbocycles. The van der Waals surface area contributed by atoms with Crippen LogP contribution in [0.2, 0.25) is 0 Å². The fourth-order valence-electron chi connectivity index (χ4n) is 1.57. The number of carbonyl (C=O) groups is 1. The second-order valence-corrected chi connectivity index (χ2v) is 5.09. The molecule has 1 aromatic rings. The number of ether oxygens (including phenoxy) is 1. The van der Waals surface area contributed by atoms with Crippen molar-refractivity contribution in [1.29, 1.82) is 0 Å². The maximum Gasteiger partial charge on any atom is 0.236 e. The van der Waals surface area contributed by atoms with Gasteiger partial charge >= 0.3 is 0 Å². The molecule has 0 radical (unpaired) electrons. The molecule has 7 nitrogen and oxygen atoms in total. The highest BCUT2D eigenvalue weighted by atomic mass is 32.2. The minimum Gasteiger partial charge on any atom is -0.378 e. The van der Waals surface area contributed by atoms with Crippen LogP contribution in [0.25, 0.3) is 0 Å². The summed E-state index contributed by atoms with van der Waals surface area (Å²) in [5, 5.41) is 11.6. The average molecular weight is 257 g/mol. The van der Waals surface area contributed by atoms with E-state index in [2.05, 4.69) is 15.5 Å². The fourth-order valence-corrected chi connectivity index (χ4v) is 2.41. The molecule has 94 valence electrons. The second-order valence-electron chi connectivity index (χ2n) is 3.78. The lowest BCUT2D eigenvalue weighted by molar-refractivity contribution is -0.134. The predicted molar refractivity (Wildman–Crippen MR) is 61.5 cm³/mol. The molecule has 2 rings (SSSR count). The molecular weight excluding hydrogens is 242 g/mol. The first-order chi connectivity index (χ1) is 8.18. The molecule has 1 aliphatic heterocycles. The number of rotatable bonds is 3. The van der Waals surface area contributed by atoms with Crippen molar-refractivity contribution < 1.29 is 9.53 Å². The van der Waals surface area contributed by atoms with Crippen LogP contribution >= 0.6 is 11.8 Å². The van der Waals surface area contributed by atoms with Gasteiger partial charge in [0.25, 0.3) is 0 Å². The number of aryl methyl sites for hydroxylation is 1. The zero-order valence-corrected chi connectivity index (χ0v) is 10.7. The first kappa shape index (κ1) is 12.3. The molecule has 2 heterocycles. The van der Waals surface area contributed by atoms with Crippen molar-refractivity contribution >= 4 is 17.7 Å². The molecule has 0 N–H and O–H groups in total. The van der Waals surface area contributed by atoms with Crippen LogP contribution in [0.4, 0.5) is 0 Å². The van der Waals surface area contributed by atoms with Gasteiger partial charge in [-0.3, -0.25) is 4.79 Å². The average Bonchev–Trinajstić information content (AvgIpc) is 2.75. The molecule has 1 saturated heterocycles.